The molecule has 0 spiro atoms. The van der Waals surface area contributed by atoms with Crippen molar-refractivity contribution in [2.45, 2.75) is 31.7 Å². The van der Waals surface area contributed by atoms with E-state index in [0.717, 1.165) is 19.3 Å². The molecule has 1 saturated heterocycles. The van der Waals surface area contributed by atoms with Gasteiger partial charge in [-0.25, -0.2) is 4.79 Å². The van der Waals surface area contributed by atoms with E-state index < -0.39 is 23.7 Å². The van der Waals surface area contributed by atoms with E-state index in [0.29, 0.717) is 18.5 Å². The van der Waals surface area contributed by atoms with Crippen LogP contribution in [0.4, 0.5) is 0 Å². The van der Waals surface area contributed by atoms with E-state index >= 15 is 0 Å². The fourth-order valence-electron chi connectivity index (χ4n) is 2.45. The Hall–Kier alpha value is -2.17. The molecule has 0 aromatic heterocycles. The van der Waals surface area contributed by atoms with Gasteiger partial charge < -0.3 is 10.0 Å². The lowest BCUT2D eigenvalue weighted by molar-refractivity contribution is -0.148. The van der Waals surface area contributed by atoms with Crippen molar-refractivity contribution in [1.29, 1.82) is 0 Å². The van der Waals surface area contributed by atoms with Gasteiger partial charge >= 0.3 is 5.97 Å². The minimum atomic E-state index is -1.04. The minimum absolute atomic E-state index is 0.297. The van der Waals surface area contributed by atoms with Crippen molar-refractivity contribution in [2.24, 2.45) is 0 Å². The van der Waals surface area contributed by atoms with E-state index in [1.165, 1.54) is 4.90 Å². The van der Waals surface area contributed by atoms with Crippen LogP contribution < -0.4 is 0 Å². The summed E-state index contributed by atoms with van der Waals surface area (Å²) in [5.41, 5.74) is 0.297. The Morgan fingerprint density at radius 1 is 1.05 bits per heavy atom. The number of carboxylic acid groups (broad SMARTS) is 1. The summed E-state index contributed by atoms with van der Waals surface area (Å²) in [5, 5.41) is 9.23. The van der Waals surface area contributed by atoms with Crippen LogP contribution in [0.2, 0.25) is 0 Å². The fourth-order valence-corrected chi connectivity index (χ4v) is 2.45. The molecule has 1 N–H and O–H groups in total. The molecule has 1 aromatic rings. The molecule has 1 fully saturated rings. The van der Waals surface area contributed by atoms with Crippen LogP contribution in [0.1, 0.15) is 36.0 Å². The molecule has 1 heterocycles. The predicted octanol–water partition coefficient (Wildman–Crippen LogP) is 1.73. The third kappa shape index (κ3) is 3.04. The van der Waals surface area contributed by atoms with E-state index in [9.17, 15) is 19.5 Å². The van der Waals surface area contributed by atoms with Gasteiger partial charge in [-0.3, -0.25) is 9.59 Å². The maximum atomic E-state index is 12.3. The molecule has 20 heavy (non-hydrogen) atoms. The van der Waals surface area contributed by atoms with Crippen LogP contribution in [0.3, 0.4) is 0 Å². The highest BCUT2D eigenvalue weighted by Gasteiger charge is 2.34. The van der Waals surface area contributed by atoms with Gasteiger partial charge in [0.25, 0.3) is 5.91 Å². The van der Waals surface area contributed by atoms with Gasteiger partial charge in [-0.05, 0) is 12.8 Å². The number of Topliss-reactive ketones (excluding diaryl/α,β-unsaturated/α-hetero) is 1. The smallest absolute Gasteiger partial charge is 0.326 e. The first kappa shape index (κ1) is 14.2. The summed E-state index contributed by atoms with van der Waals surface area (Å²) in [6.07, 6.45) is 2.79. The van der Waals surface area contributed by atoms with Crippen LogP contribution in [0.5, 0.6) is 0 Å². The summed E-state index contributed by atoms with van der Waals surface area (Å²) < 4.78 is 0. The summed E-state index contributed by atoms with van der Waals surface area (Å²) >= 11 is 0. The number of aliphatic carboxylic acids is 1. The van der Waals surface area contributed by atoms with Crippen molar-refractivity contribution < 1.29 is 19.5 Å². The molecule has 1 atom stereocenters. The zero-order valence-electron chi connectivity index (χ0n) is 11.1. The van der Waals surface area contributed by atoms with E-state index in [4.69, 9.17) is 0 Å². The van der Waals surface area contributed by atoms with Crippen molar-refractivity contribution in [3.8, 4) is 0 Å². The van der Waals surface area contributed by atoms with Crippen molar-refractivity contribution in [3.63, 3.8) is 0 Å². The van der Waals surface area contributed by atoms with E-state index in [2.05, 4.69) is 0 Å². The molecule has 0 saturated carbocycles. The topological polar surface area (TPSA) is 74.7 Å². The number of rotatable bonds is 3. The number of amides is 1. The fraction of sp³-hybridized carbons (Fsp3) is 0.400. The normalized spacial score (nSPS) is 19.2. The molecule has 1 aromatic carbocycles. The van der Waals surface area contributed by atoms with Crippen LogP contribution in [0, 0.1) is 0 Å². The monoisotopic (exact) mass is 275 g/mol. The predicted molar refractivity (Wildman–Crippen MR) is 72.4 cm³/mol. The molecular weight excluding hydrogens is 258 g/mol. The van der Waals surface area contributed by atoms with E-state index in [-0.39, 0.29) is 0 Å². The number of carbonyl (C=O) groups excluding carboxylic acids is 2. The van der Waals surface area contributed by atoms with Crippen LogP contribution in [-0.2, 0) is 9.59 Å². The third-order valence-corrected chi connectivity index (χ3v) is 3.53. The summed E-state index contributed by atoms with van der Waals surface area (Å²) in [4.78, 5) is 36.9. The SMILES string of the molecule is O=C(C(=O)N1CCCCCC1C(=O)O)c1ccccc1. The minimum Gasteiger partial charge on any atom is -0.480 e. The first-order chi connectivity index (χ1) is 9.61. The maximum Gasteiger partial charge on any atom is 0.326 e. The number of hydrogen-bond acceptors (Lipinski definition) is 3. The van der Waals surface area contributed by atoms with Gasteiger partial charge in [0.2, 0.25) is 5.78 Å². The second kappa shape index (κ2) is 6.32. The molecule has 0 bridgehead atoms. The first-order valence-electron chi connectivity index (χ1n) is 6.74. The van der Waals surface area contributed by atoms with Gasteiger partial charge in [-0.2, -0.15) is 0 Å². The molecule has 1 aliphatic rings. The maximum absolute atomic E-state index is 12.3. The summed E-state index contributed by atoms with van der Waals surface area (Å²) in [6, 6.07) is 7.35. The van der Waals surface area contributed by atoms with E-state index in [1.54, 1.807) is 30.3 Å². The molecule has 106 valence electrons. The highest BCUT2D eigenvalue weighted by atomic mass is 16.4. The molecular formula is C15H17NO4. The van der Waals surface area contributed by atoms with Crippen LogP contribution in [-0.4, -0.2) is 40.3 Å². The molecule has 0 radical (unpaired) electrons. The highest BCUT2D eigenvalue weighted by molar-refractivity contribution is 6.43. The van der Waals surface area contributed by atoms with Crippen molar-refractivity contribution in [2.75, 3.05) is 6.54 Å². The Balaban J connectivity index is 2.21. The van der Waals surface area contributed by atoms with E-state index in [1.807, 2.05) is 0 Å². The van der Waals surface area contributed by atoms with Crippen LogP contribution >= 0.6 is 0 Å². The zero-order valence-corrected chi connectivity index (χ0v) is 11.1. The summed E-state index contributed by atoms with van der Waals surface area (Å²) in [5.74, 6) is -2.40. The standard InChI is InChI=1S/C15H17NO4/c17-13(11-7-3-1-4-8-11)14(18)16-10-6-2-5-9-12(16)15(19)20/h1,3-4,7-8,12H,2,5-6,9-10H2,(H,19,20). The Morgan fingerprint density at radius 2 is 1.75 bits per heavy atom. The lowest BCUT2D eigenvalue weighted by Gasteiger charge is -2.26. The van der Waals surface area contributed by atoms with Gasteiger partial charge in [-0.15, -0.1) is 0 Å². The third-order valence-electron chi connectivity index (χ3n) is 3.53. The average Bonchev–Trinajstić information content (AvgIpc) is 2.72. The number of hydrogen-bond donors (Lipinski definition) is 1. The second-order valence-corrected chi connectivity index (χ2v) is 4.90. The van der Waals surface area contributed by atoms with Crippen LogP contribution in [0.15, 0.2) is 30.3 Å². The molecule has 0 aliphatic carbocycles. The Labute approximate surface area is 117 Å². The largest absolute Gasteiger partial charge is 0.480 e. The van der Waals surface area contributed by atoms with Crippen molar-refractivity contribution in [3.05, 3.63) is 35.9 Å². The van der Waals surface area contributed by atoms with Crippen molar-refractivity contribution in [1.82, 2.24) is 4.90 Å². The zero-order chi connectivity index (χ0) is 14.5. The lowest BCUT2D eigenvalue weighted by atomic mass is 10.1. The number of carbonyl (C=O) groups is 3. The first-order valence-corrected chi connectivity index (χ1v) is 6.74. The Morgan fingerprint density at radius 3 is 2.40 bits per heavy atom. The average molecular weight is 275 g/mol. The number of likely N-dealkylation sites (tertiary alicyclic amines) is 1. The molecule has 5 heteroatoms. The number of benzene rings is 1. The lowest BCUT2D eigenvalue weighted by Crippen LogP contribution is -2.47. The number of nitrogens with zero attached hydrogens (tertiary/aromatic N) is 1. The number of carboxylic acids is 1. The number of ketones is 1. The Bertz CT molecular complexity index is 512. The van der Waals surface area contributed by atoms with Crippen LogP contribution in [0.25, 0.3) is 0 Å². The molecule has 1 aliphatic heterocycles. The van der Waals surface area contributed by atoms with Gasteiger partial charge in [0.1, 0.15) is 6.04 Å². The molecule has 5 nitrogen and oxygen atoms in total. The summed E-state index contributed by atoms with van der Waals surface area (Å²) in [7, 11) is 0. The molecule has 1 unspecified atom stereocenters. The van der Waals surface area contributed by atoms with Gasteiger partial charge in [0, 0.05) is 12.1 Å². The quantitative estimate of drug-likeness (QED) is 0.673. The summed E-state index contributed by atoms with van der Waals surface area (Å²) in [6.45, 7) is 0.328. The highest BCUT2D eigenvalue weighted by Crippen LogP contribution is 2.18. The van der Waals surface area contributed by atoms with Crippen molar-refractivity contribution >= 4 is 17.7 Å². The van der Waals surface area contributed by atoms with Gasteiger partial charge in [0.15, 0.2) is 0 Å². The van der Waals surface area contributed by atoms with Gasteiger partial charge in [-0.1, -0.05) is 43.2 Å². The van der Waals surface area contributed by atoms with Gasteiger partial charge in [0.05, 0.1) is 0 Å². The Kier molecular flexibility index (Phi) is 4.50. The molecule has 2 rings (SSSR count). The second-order valence-electron chi connectivity index (χ2n) is 4.90. The molecule has 1 amide bonds.